The second kappa shape index (κ2) is 4.65. The van der Waals surface area contributed by atoms with Crippen molar-refractivity contribution in [2.75, 3.05) is 6.54 Å². The summed E-state index contributed by atoms with van der Waals surface area (Å²) in [5.74, 6) is 0.382. The number of aryl methyl sites for hydroxylation is 1. The van der Waals surface area contributed by atoms with Crippen LogP contribution in [-0.2, 0) is 0 Å². The van der Waals surface area contributed by atoms with Crippen LogP contribution in [0.25, 0.3) is 0 Å². The first-order chi connectivity index (χ1) is 7.72. The van der Waals surface area contributed by atoms with Crippen molar-refractivity contribution < 1.29 is 4.79 Å². The van der Waals surface area contributed by atoms with Crippen molar-refractivity contribution in [1.82, 2.24) is 15.5 Å². The van der Waals surface area contributed by atoms with E-state index in [0.29, 0.717) is 18.0 Å². The molecule has 16 heavy (non-hydrogen) atoms. The van der Waals surface area contributed by atoms with E-state index in [4.69, 9.17) is 5.73 Å². The van der Waals surface area contributed by atoms with Crippen molar-refractivity contribution >= 4 is 5.91 Å². The Kier molecular flexibility index (Phi) is 3.24. The number of hydrogen-bond donors (Lipinski definition) is 3. The Hall–Kier alpha value is -1.36. The number of amides is 1. The van der Waals surface area contributed by atoms with Crippen molar-refractivity contribution in [3.8, 4) is 0 Å². The predicted octanol–water partition coefficient (Wildman–Crippen LogP) is 0.575. The van der Waals surface area contributed by atoms with Crippen molar-refractivity contribution in [2.24, 2.45) is 11.7 Å². The highest BCUT2D eigenvalue weighted by atomic mass is 16.1. The zero-order chi connectivity index (χ0) is 11.5. The highest BCUT2D eigenvalue weighted by molar-refractivity contribution is 5.95. The van der Waals surface area contributed by atoms with Crippen LogP contribution in [0.4, 0.5) is 0 Å². The van der Waals surface area contributed by atoms with Gasteiger partial charge in [0.05, 0.1) is 11.8 Å². The van der Waals surface area contributed by atoms with Gasteiger partial charge in [-0.15, -0.1) is 0 Å². The molecule has 1 heterocycles. The van der Waals surface area contributed by atoms with Gasteiger partial charge < -0.3 is 11.1 Å². The first-order valence-electron chi connectivity index (χ1n) is 5.73. The van der Waals surface area contributed by atoms with Crippen molar-refractivity contribution in [3.63, 3.8) is 0 Å². The van der Waals surface area contributed by atoms with Crippen LogP contribution in [0, 0.1) is 12.8 Å². The molecule has 5 nitrogen and oxygen atoms in total. The topological polar surface area (TPSA) is 83.8 Å². The van der Waals surface area contributed by atoms with E-state index in [2.05, 4.69) is 15.5 Å². The van der Waals surface area contributed by atoms with E-state index >= 15 is 0 Å². The lowest BCUT2D eigenvalue weighted by molar-refractivity contribution is 0.0928. The van der Waals surface area contributed by atoms with Gasteiger partial charge in [0.2, 0.25) is 0 Å². The summed E-state index contributed by atoms with van der Waals surface area (Å²) in [5.41, 5.74) is 7.11. The fourth-order valence-electron chi connectivity index (χ4n) is 2.33. The van der Waals surface area contributed by atoms with E-state index in [-0.39, 0.29) is 11.9 Å². The van der Waals surface area contributed by atoms with Gasteiger partial charge in [0.15, 0.2) is 0 Å². The molecule has 0 bridgehead atoms. The highest BCUT2D eigenvalue weighted by Crippen LogP contribution is 2.24. The van der Waals surface area contributed by atoms with E-state index in [0.717, 1.165) is 25.0 Å². The molecule has 1 saturated carbocycles. The Labute approximate surface area is 94.8 Å². The summed E-state index contributed by atoms with van der Waals surface area (Å²) in [4.78, 5) is 11.9. The molecule has 1 fully saturated rings. The van der Waals surface area contributed by atoms with E-state index < -0.39 is 0 Å². The normalized spacial score (nSPS) is 24.6. The Morgan fingerprint density at radius 1 is 1.69 bits per heavy atom. The maximum atomic E-state index is 11.9. The second-order valence-corrected chi connectivity index (χ2v) is 4.42. The minimum atomic E-state index is -0.0448. The number of carbonyl (C=O) groups is 1. The zero-order valence-corrected chi connectivity index (χ0v) is 9.49. The largest absolute Gasteiger partial charge is 0.349 e. The number of nitrogens with two attached hydrogens (primary N) is 1. The van der Waals surface area contributed by atoms with Crippen LogP contribution in [0.15, 0.2) is 6.20 Å². The minimum Gasteiger partial charge on any atom is -0.349 e. The van der Waals surface area contributed by atoms with Gasteiger partial charge >= 0.3 is 0 Å². The monoisotopic (exact) mass is 222 g/mol. The van der Waals surface area contributed by atoms with Gasteiger partial charge in [-0.05, 0) is 32.2 Å². The second-order valence-electron chi connectivity index (χ2n) is 4.42. The molecule has 1 aromatic heterocycles. The maximum absolute atomic E-state index is 11.9. The van der Waals surface area contributed by atoms with Crippen molar-refractivity contribution in [2.45, 2.75) is 32.2 Å². The standard InChI is InChI=1S/C11H18N4O/c1-7-9(6-13-15-7)11(16)14-10-4-2-3-8(10)5-12/h6,8,10H,2-5,12H2,1H3,(H,13,15)(H,14,16). The molecule has 1 aliphatic carbocycles. The van der Waals surface area contributed by atoms with Crippen molar-refractivity contribution in [1.29, 1.82) is 0 Å². The number of aromatic nitrogens is 2. The van der Waals surface area contributed by atoms with Gasteiger partial charge in [0.1, 0.15) is 0 Å². The van der Waals surface area contributed by atoms with E-state index in [9.17, 15) is 4.79 Å². The molecule has 0 aliphatic heterocycles. The quantitative estimate of drug-likeness (QED) is 0.699. The van der Waals surface area contributed by atoms with Crippen LogP contribution >= 0.6 is 0 Å². The molecule has 2 rings (SSSR count). The SMILES string of the molecule is Cc1[nH]ncc1C(=O)NC1CCCC1CN. The summed E-state index contributed by atoms with van der Waals surface area (Å²) in [7, 11) is 0. The molecule has 1 amide bonds. The van der Waals surface area contributed by atoms with Gasteiger partial charge in [-0.3, -0.25) is 9.89 Å². The number of carbonyl (C=O) groups excluding carboxylic acids is 1. The first-order valence-corrected chi connectivity index (χ1v) is 5.73. The van der Waals surface area contributed by atoms with Crippen LogP contribution in [0.1, 0.15) is 35.3 Å². The fraction of sp³-hybridized carbons (Fsp3) is 0.636. The highest BCUT2D eigenvalue weighted by Gasteiger charge is 2.28. The summed E-state index contributed by atoms with van der Waals surface area (Å²) in [6.45, 7) is 2.49. The molecule has 0 saturated heterocycles. The smallest absolute Gasteiger partial charge is 0.254 e. The lowest BCUT2D eigenvalue weighted by Gasteiger charge is -2.19. The predicted molar refractivity (Wildman–Crippen MR) is 61.0 cm³/mol. The molecule has 1 aromatic rings. The van der Waals surface area contributed by atoms with Gasteiger partial charge in [-0.2, -0.15) is 5.10 Å². The Morgan fingerprint density at radius 2 is 2.50 bits per heavy atom. The van der Waals surface area contributed by atoms with Crippen LogP contribution in [0.3, 0.4) is 0 Å². The third kappa shape index (κ3) is 2.09. The lowest BCUT2D eigenvalue weighted by atomic mass is 10.0. The van der Waals surface area contributed by atoms with Gasteiger partial charge in [-0.1, -0.05) is 6.42 Å². The first kappa shape index (κ1) is 11.1. The third-order valence-corrected chi connectivity index (χ3v) is 3.35. The summed E-state index contributed by atoms with van der Waals surface area (Å²) >= 11 is 0. The molecule has 5 heteroatoms. The fourth-order valence-corrected chi connectivity index (χ4v) is 2.33. The average Bonchev–Trinajstić information content (AvgIpc) is 2.86. The molecule has 0 radical (unpaired) electrons. The van der Waals surface area contributed by atoms with E-state index in [1.165, 1.54) is 0 Å². The molecule has 4 N–H and O–H groups in total. The van der Waals surface area contributed by atoms with E-state index in [1.54, 1.807) is 6.20 Å². The Bertz CT molecular complexity index is 374. The summed E-state index contributed by atoms with van der Waals surface area (Å²) in [6.07, 6.45) is 4.87. The summed E-state index contributed by atoms with van der Waals surface area (Å²) < 4.78 is 0. The van der Waals surface area contributed by atoms with Crippen LogP contribution in [0.2, 0.25) is 0 Å². The molecule has 0 aromatic carbocycles. The zero-order valence-electron chi connectivity index (χ0n) is 9.49. The number of H-pyrrole nitrogens is 1. The van der Waals surface area contributed by atoms with Crippen LogP contribution in [-0.4, -0.2) is 28.7 Å². The maximum Gasteiger partial charge on any atom is 0.254 e. The minimum absolute atomic E-state index is 0.0448. The molecule has 0 spiro atoms. The molecular weight excluding hydrogens is 204 g/mol. The summed E-state index contributed by atoms with van der Waals surface area (Å²) in [6, 6.07) is 0.229. The summed E-state index contributed by atoms with van der Waals surface area (Å²) in [5, 5.41) is 9.65. The van der Waals surface area contributed by atoms with Gasteiger partial charge in [-0.25, -0.2) is 0 Å². The Morgan fingerprint density at radius 3 is 3.12 bits per heavy atom. The number of rotatable bonds is 3. The molecule has 2 unspecified atom stereocenters. The number of nitrogens with zero attached hydrogens (tertiary/aromatic N) is 1. The molecular formula is C11H18N4O. The lowest BCUT2D eigenvalue weighted by Crippen LogP contribution is -2.39. The average molecular weight is 222 g/mol. The third-order valence-electron chi connectivity index (χ3n) is 3.35. The number of hydrogen-bond acceptors (Lipinski definition) is 3. The number of nitrogens with one attached hydrogen (secondary N) is 2. The van der Waals surface area contributed by atoms with Gasteiger partial charge in [0.25, 0.3) is 5.91 Å². The van der Waals surface area contributed by atoms with Gasteiger partial charge in [0, 0.05) is 11.7 Å². The molecule has 1 aliphatic rings. The molecule has 2 atom stereocenters. The van der Waals surface area contributed by atoms with E-state index in [1.807, 2.05) is 6.92 Å². The number of aromatic amines is 1. The van der Waals surface area contributed by atoms with Crippen LogP contribution < -0.4 is 11.1 Å². The Balaban J connectivity index is 2.00. The molecule has 88 valence electrons. The van der Waals surface area contributed by atoms with Crippen molar-refractivity contribution in [3.05, 3.63) is 17.5 Å². The van der Waals surface area contributed by atoms with Crippen LogP contribution in [0.5, 0.6) is 0 Å².